The van der Waals surface area contributed by atoms with E-state index in [1.54, 1.807) is 10.4 Å². The van der Waals surface area contributed by atoms with E-state index in [1.165, 1.54) is 17.8 Å². The smallest absolute Gasteiger partial charge is 0.252 e. The van der Waals surface area contributed by atoms with Crippen LogP contribution in [0.3, 0.4) is 0 Å². The van der Waals surface area contributed by atoms with Crippen molar-refractivity contribution in [1.82, 2.24) is 9.21 Å². The molecular weight excluding hydrogens is 308 g/mol. The van der Waals surface area contributed by atoms with Crippen molar-refractivity contribution in [1.29, 1.82) is 0 Å². The lowest BCUT2D eigenvalue weighted by Crippen LogP contribution is -2.56. The Hall–Kier alpha value is -0.470. The summed E-state index contributed by atoms with van der Waals surface area (Å²) in [5.74, 6) is 0. The van der Waals surface area contributed by atoms with Gasteiger partial charge >= 0.3 is 0 Å². The molecule has 3 rings (SSSR count). The summed E-state index contributed by atoms with van der Waals surface area (Å²) in [7, 11) is -3.40. The van der Waals surface area contributed by atoms with Crippen LogP contribution in [0.15, 0.2) is 16.3 Å². The first-order valence-corrected chi connectivity index (χ1v) is 9.73. The molecule has 1 aromatic heterocycles. The van der Waals surface area contributed by atoms with Crippen molar-refractivity contribution >= 4 is 21.4 Å². The lowest BCUT2D eigenvalue weighted by molar-refractivity contribution is 0.117. The first-order chi connectivity index (χ1) is 10.0. The average molecular weight is 330 g/mol. The van der Waals surface area contributed by atoms with Gasteiger partial charge in [0.15, 0.2) is 0 Å². The van der Waals surface area contributed by atoms with Gasteiger partial charge < -0.3 is 5.11 Å². The summed E-state index contributed by atoms with van der Waals surface area (Å²) in [4.78, 5) is 3.34. The van der Waals surface area contributed by atoms with Gasteiger partial charge in [-0.3, -0.25) is 4.90 Å². The van der Waals surface area contributed by atoms with Crippen molar-refractivity contribution in [3.8, 4) is 0 Å². The summed E-state index contributed by atoms with van der Waals surface area (Å²) in [5.41, 5.74) is 0. The van der Waals surface area contributed by atoms with Crippen molar-refractivity contribution in [2.75, 3.05) is 26.2 Å². The predicted octanol–water partition coefficient (Wildman–Crippen LogP) is 1.14. The minimum Gasteiger partial charge on any atom is -0.396 e. The average Bonchev–Trinajstić information content (AvgIpc) is 3.06. The third-order valence-corrected chi connectivity index (χ3v) is 8.03. The van der Waals surface area contributed by atoms with Gasteiger partial charge in [0, 0.05) is 43.1 Å². The molecule has 5 nitrogen and oxygen atoms in total. The quantitative estimate of drug-likeness (QED) is 0.899. The van der Waals surface area contributed by atoms with Crippen molar-refractivity contribution in [3.63, 3.8) is 0 Å². The summed E-state index contributed by atoms with van der Waals surface area (Å²) in [6.07, 6.45) is 2.79. The molecule has 3 heterocycles. The summed E-state index contributed by atoms with van der Waals surface area (Å²) in [6.45, 7) is 4.59. The fraction of sp³-hybridized carbons (Fsp3) is 0.714. The minimum absolute atomic E-state index is 0.0211. The van der Waals surface area contributed by atoms with Crippen LogP contribution in [0.4, 0.5) is 0 Å². The van der Waals surface area contributed by atoms with Gasteiger partial charge in [0.05, 0.1) is 0 Å². The molecule has 0 radical (unpaired) electrons. The van der Waals surface area contributed by atoms with E-state index in [2.05, 4.69) is 4.90 Å². The van der Waals surface area contributed by atoms with E-state index in [-0.39, 0.29) is 12.6 Å². The number of hydrogen-bond acceptors (Lipinski definition) is 5. The third kappa shape index (κ3) is 2.90. The van der Waals surface area contributed by atoms with Crippen LogP contribution in [-0.4, -0.2) is 61.1 Å². The second-order valence-electron chi connectivity index (χ2n) is 5.91. The number of hydrogen-bond donors (Lipinski definition) is 1. The highest BCUT2D eigenvalue weighted by atomic mass is 32.2. The van der Waals surface area contributed by atoms with E-state index in [0.717, 1.165) is 24.4 Å². The highest BCUT2D eigenvalue weighted by molar-refractivity contribution is 7.91. The van der Waals surface area contributed by atoms with Crippen LogP contribution in [0.5, 0.6) is 0 Å². The van der Waals surface area contributed by atoms with E-state index in [4.69, 9.17) is 5.11 Å². The molecule has 21 heavy (non-hydrogen) atoms. The lowest BCUT2D eigenvalue weighted by Gasteiger charge is -2.41. The van der Waals surface area contributed by atoms with Crippen LogP contribution in [-0.2, 0) is 16.4 Å². The van der Waals surface area contributed by atoms with Gasteiger partial charge in [-0.2, -0.15) is 4.31 Å². The summed E-state index contributed by atoms with van der Waals surface area (Å²) >= 11 is 1.28. The molecule has 2 unspecified atom stereocenters. The van der Waals surface area contributed by atoms with E-state index in [9.17, 15) is 8.42 Å². The first-order valence-electron chi connectivity index (χ1n) is 7.48. The molecule has 118 valence electrons. The normalized spacial score (nSPS) is 27.9. The van der Waals surface area contributed by atoms with Crippen LogP contribution in [0.25, 0.3) is 0 Å². The standard InChI is InChI=1S/C14H22N2O3S2/c1-11-9-15-7-2-3-12(15)10-16(11)21(18,19)14-5-4-13(20-14)6-8-17/h4-5,11-12,17H,2-3,6-10H2,1H3. The molecule has 7 heteroatoms. The van der Waals surface area contributed by atoms with Crippen molar-refractivity contribution in [2.45, 2.75) is 42.5 Å². The van der Waals surface area contributed by atoms with Gasteiger partial charge in [0.1, 0.15) is 4.21 Å². The highest BCUT2D eigenvalue weighted by Crippen LogP contribution is 2.31. The predicted molar refractivity (Wildman–Crippen MR) is 83.1 cm³/mol. The van der Waals surface area contributed by atoms with Crippen LogP contribution < -0.4 is 0 Å². The number of piperazine rings is 1. The molecule has 2 aliphatic rings. The Morgan fingerprint density at radius 2 is 2.19 bits per heavy atom. The van der Waals surface area contributed by atoms with Gasteiger partial charge in [0.25, 0.3) is 10.0 Å². The molecular formula is C14H22N2O3S2. The maximum absolute atomic E-state index is 12.9. The Bertz CT molecular complexity index is 599. The molecule has 2 aliphatic heterocycles. The molecule has 0 bridgehead atoms. The van der Waals surface area contributed by atoms with Gasteiger partial charge in [-0.25, -0.2) is 8.42 Å². The highest BCUT2D eigenvalue weighted by Gasteiger charge is 2.40. The van der Waals surface area contributed by atoms with Gasteiger partial charge in [-0.1, -0.05) is 0 Å². The fourth-order valence-electron chi connectivity index (χ4n) is 3.35. The van der Waals surface area contributed by atoms with Crippen LogP contribution in [0.2, 0.25) is 0 Å². The zero-order valence-electron chi connectivity index (χ0n) is 12.2. The Kier molecular flexibility index (Phi) is 4.38. The van der Waals surface area contributed by atoms with E-state index in [0.29, 0.717) is 23.2 Å². The molecule has 0 aromatic carbocycles. The molecule has 0 saturated carbocycles. The Morgan fingerprint density at radius 3 is 2.95 bits per heavy atom. The van der Waals surface area contributed by atoms with E-state index < -0.39 is 10.0 Å². The number of aliphatic hydroxyl groups excluding tert-OH is 1. The Labute approximate surface area is 130 Å². The third-order valence-electron chi connectivity index (χ3n) is 4.44. The molecule has 1 N–H and O–H groups in total. The lowest BCUT2D eigenvalue weighted by atomic mass is 10.1. The van der Waals surface area contributed by atoms with Gasteiger partial charge in [-0.05, 0) is 38.4 Å². The number of nitrogens with zero attached hydrogens (tertiary/aromatic N) is 2. The van der Waals surface area contributed by atoms with E-state index in [1.807, 2.05) is 13.0 Å². The summed E-state index contributed by atoms with van der Waals surface area (Å²) < 4.78 is 27.8. The zero-order chi connectivity index (χ0) is 15.0. The summed E-state index contributed by atoms with van der Waals surface area (Å²) in [5, 5.41) is 8.97. The molecule has 1 aromatic rings. The number of aliphatic hydroxyl groups is 1. The second-order valence-corrected chi connectivity index (χ2v) is 9.19. The zero-order valence-corrected chi connectivity index (χ0v) is 13.9. The van der Waals surface area contributed by atoms with Gasteiger partial charge in [0.2, 0.25) is 0 Å². The molecule has 0 spiro atoms. The monoisotopic (exact) mass is 330 g/mol. The van der Waals surface area contributed by atoms with Crippen molar-refractivity contribution in [3.05, 3.63) is 17.0 Å². The first kappa shape index (κ1) is 15.4. The number of rotatable bonds is 4. The molecule has 2 fully saturated rings. The van der Waals surface area contributed by atoms with Crippen LogP contribution in [0.1, 0.15) is 24.6 Å². The molecule has 2 atom stereocenters. The summed E-state index contributed by atoms with van der Waals surface area (Å²) in [6, 6.07) is 3.89. The molecule has 0 aliphatic carbocycles. The SMILES string of the molecule is CC1CN2CCCC2CN1S(=O)(=O)c1ccc(CCO)s1. The maximum atomic E-state index is 12.9. The van der Waals surface area contributed by atoms with Crippen molar-refractivity contribution in [2.24, 2.45) is 0 Å². The molecule has 0 amide bonds. The number of fused-ring (bicyclic) bond motifs is 1. The number of sulfonamides is 1. The van der Waals surface area contributed by atoms with Crippen molar-refractivity contribution < 1.29 is 13.5 Å². The topological polar surface area (TPSA) is 60.9 Å². The van der Waals surface area contributed by atoms with Crippen LogP contribution >= 0.6 is 11.3 Å². The Balaban J connectivity index is 1.82. The molecule has 2 saturated heterocycles. The Morgan fingerprint density at radius 1 is 1.38 bits per heavy atom. The van der Waals surface area contributed by atoms with Crippen LogP contribution in [0, 0.1) is 0 Å². The maximum Gasteiger partial charge on any atom is 0.252 e. The van der Waals surface area contributed by atoms with Gasteiger partial charge in [-0.15, -0.1) is 11.3 Å². The fourth-order valence-corrected chi connectivity index (χ4v) is 6.49. The second kappa shape index (κ2) is 5.96. The minimum atomic E-state index is -3.40. The number of thiophene rings is 1. The largest absolute Gasteiger partial charge is 0.396 e. The van der Waals surface area contributed by atoms with E-state index >= 15 is 0 Å².